The van der Waals surface area contributed by atoms with Crippen molar-refractivity contribution in [1.29, 1.82) is 0 Å². The van der Waals surface area contributed by atoms with E-state index in [0.29, 0.717) is 23.8 Å². The zero-order valence-corrected chi connectivity index (χ0v) is 15.5. The van der Waals surface area contributed by atoms with Crippen LogP contribution >= 0.6 is 11.6 Å². The number of alkyl halides is 2. The maximum Gasteiger partial charge on any atom is 0.313 e. The van der Waals surface area contributed by atoms with Crippen LogP contribution in [-0.4, -0.2) is 34.7 Å². The van der Waals surface area contributed by atoms with Crippen molar-refractivity contribution in [2.24, 2.45) is 7.05 Å². The molecule has 27 heavy (non-hydrogen) atoms. The second kappa shape index (κ2) is 9.31. The van der Waals surface area contributed by atoms with Gasteiger partial charge in [0.05, 0.1) is 12.3 Å². The quantitative estimate of drug-likeness (QED) is 0.553. The molecule has 0 aliphatic heterocycles. The summed E-state index contributed by atoms with van der Waals surface area (Å²) >= 11 is 5.86. The molecule has 2 N–H and O–H groups in total. The molecule has 1 aromatic heterocycles. The lowest BCUT2D eigenvalue weighted by molar-refractivity contribution is -0.136. The first-order valence-electron chi connectivity index (χ1n) is 8.07. The van der Waals surface area contributed by atoms with E-state index in [1.807, 2.05) is 6.92 Å². The Morgan fingerprint density at radius 3 is 2.74 bits per heavy atom. The van der Waals surface area contributed by atoms with Crippen LogP contribution in [0.25, 0.3) is 0 Å². The summed E-state index contributed by atoms with van der Waals surface area (Å²) in [6, 6.07) is 5.23. The lowest BCUT2D eigenvalue weighted by Crippen LogP contribution is -2.36. The summed E-state index contributed by atoms with van der Waals surface area (Å²) in [4.78, 5) is 23.6. The van der Waals surface area contributed by atoms with Gasteiger partial charge < -0.3 is 15.4 Å². The van der Waals surface area contributed by atoms with Crippen LogP contribution in [0, 0.1) is 6.92 Å². The maximum atomic E-state index is 12.8. The molecule has 2 amide bonds. The average molecular weight is 401 g/mol. The van der Waals surface area contributed by atoms with Gasteiger partial charge in [-0.15, -0.1) is 0 Å². The van der Waals surface area contributed by atoms with Crippen molar-refractivity contribution in [3.05, 3.63) is 40.7 Å². The summed E-state index contributed by atoms with van der Waals surface area (Å²) in [5.41, 5.74) is 0.0943. The monoisotopic (exact) mass is 400 g/mol. The van der Waals surface area contributed by atoms with Gasteiger partial charge in [-0.25, -0.2) is 8.78 Å². The molecule has 0 fully saturated rings. The van der Waals surface area contributed by atoms with E-state index in [1.165, 1.54) is 13.2 Å². The van der Waals surface area contributed by atoms with Crippen molar-refractivity contribution < 1.29 is 23.1 Å². The Hall–Kier alpha value is -2.68. The average Bonchev–Trinajstić information content (AvgIpc) is 2.96. The van der Waals surface area contributed by atoms with Gasteiger partial charge in [0, 0.05) is 24.8 Å². The molecule has 7 nitrogen and oxygen atoms in total. The molecule has 0 unspecified atom stereocenters. The van der Waals surface area contributed by atoms with E-state index >= 15 is 0 Å². The highest BCUT2D eigenvalue weighted by molar-refractivity contribution is 6.39. The molecule has 2 aromatic rings. The van der Waals surface area contributed by atoms with Crippen LogP contribution in [0.2, 0.25) is 5.02 Å². The van der Waals surface area contributed by atoms with Crippen LogP contribution in [0.4, 0.5) is 14.5 Å². The standard InChI is InChI=1S/C17H19ClF2N4O3/c1-10-8-11(18)4-5-13(10)27-7-3-6-21-16(25)17(26)22-12-9-24(2)23-14(12)15(19)20/h4-5,8-9,15H,3,6-7H2,1-2H3,(H,21,25)(H,22,26). The molecule has 0 spiro atoms. The molecule has 1 heterocycles. The first kappa shape index (κ1) is 20.6. The number of anilines is 1. The molecule has 0 aliphatic rings. The number of halogens is 3. The van der Waals surface area contributed by atoms with E-state index in [2.05, 4.69) is 15.7 Å². The molecule has 0 saturated carbocycles. The van der Waals surface area contributed by atoms with Gasteiger partial charge in [0.25, 0.3) is 6.43 Å². The number of aromatic nitrogens is 2. The number of aryl methyl sites for hydroxylation is 2. The van der Waals surface area contributed by atoms with E-state index < -0.39 is 23.9 Å². The van der Waals surface area contributed by atoms with Crippen LogP contribution in [-0.2, 0) is 16.6 Å². The fourth-order valence-electron chi connectivity index (χ4n) is 2.25. The van der Waals surface area contributed by atoms with Gasteiger partial charge in [-0.3, -0.25) is 14.3 Å². The smallest absolute Gasteiger partial charge is 0.313 e. The summed E-state index contributed by atoms with van der Waals surface area (Å²) in [6.07, 6.45) is -1.20. The molecule has 10 heteroatoms. The van der Waals surface area contributed by atoms with Gasteiger partial charge >= 0.3 is 11.8 Å². The van der Waals surface area contributed by atoms with Crippen molar-refractivity contribution in [3.8, 4) is 5.75 Å². The maximum absolute atomic E-state index is 12.8. The Bertz CT molecular complexity index is 827. The Morgan fingerprint density at radius 1 is 1.33 bits per heavy atom. The zero-order chi connectivity index (χ0) is 20.0. The molecule has 146 valence electrons. The van der Waals surface area contributed by atoms with Crippen LogP contribution in [0.3, 0.4) is 0 Å². The predicted molar refractivity (Wildman–Crippen MR) is 96.1 cm³/mol. The van der Waals surface area contributed by atoms with E-state index in [0.717, 1.165) is 10.2 Å². The summed E-state index contributed by atoms with van der Waals surface area (Å²) < 4.78 is 32.3. The highest BCUT2D eigenvalue weighted by Gasteiger charge is 2.21. The molecule has 2 rings (SSSR count). The SMILES string of the molecule is Cc1cc(Cl)ccc1OCCCNC(=O)C(=O)Nc1cn(C)nc1C(F)F. The molecular formula is C17H19ClF2N4O3. The largest absolute Gasteiger partial charge is 0.493 e. The third kappa shape index (κ3) is 5.92. The third-order valence-corrected chi connectivity index (χ3v) is 3.75. The summed E-state index contributed by atoms with van der Waals surface area (Å²) in [6.45, 7) is 2.37. The summed E-state index contributed by atoms with van der Waals surface area (Å²) in [7, 11) is 1.43. The predicted octanol–water partition coefficient (Wildman–Crippen LogP) is 2.84. The summed E-state index contributed by atoms with van der Waals surface area (Å²) in [5, 5.41) is 8.69. The number of nitrogens with one attached hydrogen (secondary N) is 2. The van der Waals surface area contributed by atoms with Crippen molar-refractivity contribution >= 4 is 29.1 Å². The fraction of sp³-hybridized carbons (Fsp3) is 0.353. The number of hydrogen-bond donors (Lipinski definition) is 2. The Labute approximate surface area is 159 Å². The molecule has 0 aliphatic carbocycles. The van der Waals surface area contributed by atoms with Crippen LogP contribution in [0.5, 0.6) is 5.75 Å². The fourth-order valence-corrected chi connectivity index (χ4v) is 2.48. The minimum atomic E-state index is -2.86. The highest BCUT2D eigenvalue weighted by atomic mass is 35.5. The van der Waals surface area contributed by atoms with Crippen molar-refractivity contribution in [2.45, 2.75) is 19.8 Å². The molecule has 0 radical (unpaired) electrons. The van der Waals surface area contributed by atoms with Gasteiger partial charge in [-0.2, -0.15) is 5.10 Å². The van der Waals surface area contributed by atoms with E-state index in [9.17, 15) is 18.4 Å². The minimum absolute atomic E-state index is 0.188. The molecule has 0 saturated heterocycles. The first-order valence-corrected chi connectivity index (χ1v) is 8.45. The normalized spacial score (nSPS) is 10.7. The van der Waals surface area contributed by atoms with Crippen molar-refractivity contribution in [1.82, 2.24) is 15.1 Å². The van der Waals surface area contributed by atoms with Crippen molar-refractivity contribution in [3.63, 3.8) is 0 Å². The lowest BCUT2D eigenvalue weighted by Gasteiger charge is -2.10. The number of carbonyl (C=O) groups is 2. The first-order chi connectivity index (χ1) is 12.8. The topological polar surface area (TPSA) is 85.2 Å². The van der Waals surface area contributed by atoms with Crippen molar-refractivity contribution in [2.75, 3.05) is 18.5 Å². The Kier molecular flexibility index (Phi) is 7.12. The van der Waals surface area contributed by atoms with Crippen LogP contribution < -0.4 is 15.4 Å². The molecular weight excluding hydrogens is 382 g/mol. The van der Waals surface area contributed by atoms with Gasteiger partial charge in [-0.05, 0) is 37.1 Å². The number of amides is 2. The van der Waals surface area contributed by atoms with Gasteiger partial charge in [0.2, 0.25) is 0 Å². The van der Waals surface area contributed by atoms with E-state index in [4.69, 9.17) is 16.3 Å². The lowest BCUT2D eigenvalue weighted by atomic mass is 10.2. The second-order valence-corrected chi connectivity index (χ2v) is 6.16. The van der Waals surface area contributed by atoms with Gasteiger partial charge in [0.1, 0.15) is 5.75 Å². The Morgan fingerprint density at radius 2 is 2.07 bits per heavy atom. The second-order valence-electron chi connectivity index (χ2n) is 5.72. The minimum Gasteiger partial charge on any atom is -0.493 e. The van der Waals surface area contributed by atoms with E-state index in [1.54, 1.807) is 18.2 Å². The van der Waals surface area contributed by atoms with E-state index in [-0.39, 0.29) is 12.2 Å². The number of ether oxygens (including phenoxy) is 1. The molecule has 0 atom stereocenters. The highest BCUT2D eigenvalue weighted by Crippen LogP contribution is 2.25. The van der Waals surface area contributed by atoms with Gasteiger partial charge in [0.15, 0.2) is 5.69 Å². The number of rotatable bonds is 7. The molecule has 0 bridgehead atoms. The summed E-state index contributed by atoms with van der Waals surface area (Å²) in [5.74, 6) is -1.29. The third-order valence-electron chi connectivity index (χ3n) is 3.52. The zero-order valence-electron chi connectivity index (χ0n) is 14.8. The van der Waals surface area contributed by atoms with Gasteiger partial charge in [-0.1, -0.05) is 11.6 Å². The van der Waals surface area contributed by atoms with Crippen LogP contribution in [0.1, 0.15) is 24.1 Å². The Balaban J connectivity index is 1.74. The number of hydrogen-bond acceptors (Lipinski definition) is 4. The number of benzene rings is 1. The van der Waals surface area contributed by atoms with Crippen LogP contribution in [0.15, 0.2) is 24.4 Å². The number of nitrogens with zero attached hydrogens (tertiary/aromatic N) is 2. The molecule has 1 aromatic carbocycles. The number of carbonyl (C=O) groups excluding carboxylic acids is 2.